The molecule has 1 fully saturated rings. The SMILES string of the molecule is Cc1noc(C2CCCN(Cc3cc(=O)n(C)c(=O)n3C)C2)n1. The number of aryl methyl sites for hydroxylation is 1. The van der Waals surface area contributed by atoms with E-state index in [1.807, 2.05) is 6.92 Å². The first-order chi connectivity index (χ1) is 11.0. The largest absolute Gasteiger partial charge is 0.339 e. The topological polar surface area (TPSA) is 86.2 Å². The van der Waals surface area contributed by atoms with Gasteiger partial charge in [-0.05, 0) is 26.3 Å². The van der Waals surface area contributed by atoms with Gasteiger partial charge in [-0.15, -0.1) is 0 Å². The zero-order valence-corrected chi connectivity index (χ0v) is 13.7. The minimum atomic E-state index is -0.298. The first-order valence-electron chi connectivity index (χ1n) is 7.74. The van der Waals surface area contributed by atoms with E-state index in [1.54, 1.807) is 7.05 Å². The normalized spacial score (nSPS) is 19.2. The molecule has 2 aromatic rings. The second kappa shape index (κ2) is 6.11. The third-order valence-electron chi connectivity index (χ3n) is 4.41. The molecule has 2 aromatic heterocycles. The van der Waals surface area contributed by atoms with Gasteiger partial charge in [-0.3, -0.25) is 18.8 Å². The average Bonchev–Trinajstić information content (AvgIpc) is 2.97. The van der Waals surface area contributed by atoms with Crippen molar-refractivity contribution in [1.29, 1.82) is 0 Å². The highest BCUT2D eigenvalue weighted by Crippen LogP contribution is 2.26. The number of hydrogen-bond donors (Lipinski definition) is 0. The lowest BCUT2D eigenvalue weighted by molar-refractivity contribution is 0.176. The van der Waals surface area contributed by atoms with Gasteiger partial charge in [0.25, 0.3) is 5.56 Å². The van der Waals surface area contributed by atoms with Crippen LogP contribution in [0.1, 0.15) is 36.2 Å². The van der Waals surface area contributed by atoms with Gasteiger partial charge in [0.2, 0.25) is 5.89 Å². The fourth-order valence-electron chi connectivity index (χ4n) is 3.04. The van der Waals surface area contributed by atoms with Gasteiger partial charge >= 0.3 is 5.69 Å². The number of likely N-dealkylation sites (tertiary alicyclic amines) is 1. The lowest BCUT2D eigenvalue weighted by Crippen LogP contribution is -2.41. The number of hydrogen-bond acceptors (Lipinski definition) is 6. The van der Waals surface area contributed by atoms with Crippen LogP contribution in [0.15, 0.2) is 20.2 Å². The minimum Gasteiger partial charge on any atom is -0.339 e. The molecular formula is C15H21N5O3. The van der Waals surface area contributed by atoms with Crippen molar-refractivity contribution >= 4 is 0 Å². The van der Waals surface area contributed by atoms with Crippen molar-refractivity contribution in [2.75, 3.05) is 13.1 Å². The highest BCUT2D eigenvalue weighted by Gasteiger charge is 2.26. The maximum absolute atomic E-state index is 12.0. The molecule has 8 heteroatoms. The summed E-state index contributed by atoms with van der Waals surface area (Å²) in [5.74, 6) is 1.52. The minimum absolute atomic E-state index is 0.202. The number of nitrogens with zero attached hydrogens (tertiary/aromatic N) is 5. The second-order valence-corrected chi connectivity index (χ2v) is 6.13. The lowest BCUT2D eigenvalue weighted by atomic mass is 9.98. The van der Waals surface area contributed by atoms with Crippen LogP contribution in [-0.4, -0.2) is 37.3 Å². The molecule has 1 atom stereocenters. The van der Waals surface area contributed by atoms with Gasteiger partial charge in [0, 0.05) is 38.9 Å². The maximum Gasteiger partial charge on any atom is 0.330 e. The van der Waals surface area contributed by atoms with Crippen molar-refractivity contribution in [3.63, 3.8) is 0 Å². The van der Waals surface area contributed by atoms with Crippen LogP contribution < -0.4 is 11.2 Å². The van der Waals surface area contributed by atoms with Crippen molar-refractivity contribution in [2.45, 2.75) is 32.2 Å². The number of piperidine rings is 1. The molecule has 0 aromatic carbocycles. The Labute approximate surface area is 133 Å². The first-order valence-corrected chi connectivity index (χ1v) is 7.74. The molecule has 1 saturated heterocycles. The molecule has 0 saturated carbocycles. The summed E-state index contributed by atoms with van der Waals surface area (Å²) in [6.45, 7) is 4.08. The number of rotatable bonds is 3. The van der Waals surface area contributed by atoms with E-state index in [4.69, 9.17) is 4.52 Å². The summed E-state index contributed by atoms with van der Waals surface area (Å²) >= 11 is 0. The Morgan fingerprint density at radius 3 is 2.78 bits per heavy atom. The van der Waals surface area contributed by atoms with E-state index in [0.29, 0.717) is 18.3 Å². The molecule has 3 heterocycles. The Morgan fingerprint density at radius 1 is 1.30 bits per heavy atom. The van der Waals surface area contributed by atoms with E-state index < -0.39 is 0 Å². The van der Waals surface area contributed by atoms with E-state index >= 15 is 0 Å². The van der Waals surface area contributed by atoms with Gasteiger partial charge in [-0.2, -0.15) is 4.98 Å². The highest BCUT2D eigenvalue weighted by atomic mass is 16.5. The van der Waals surface area contributed by atoms with Crippen LogP contribution in [-0.2, 0) is 20.6 Å². The standard InChI is InChI=1S/C15H21N5O3/c1-10-16-14(23-17-10)11-5-4-6-20(8-11)9-12-7-13(21)19(3)15(22)18(12)2/h7,11H,4-6,8-9H2,1-3H3. The molecular weight excluding hydrogens is 298 g/mol. The predicted octanol–water partition coefficient (Wildman–Crippen LogP) is 0.155. The van der Waals surface area contributed by atoms with E-state index in [2.05, 4.69) is 15.0 Å². The number of aromatic nitrogens is 4. The monoisotopic (exact) mass is 319 g/mol. The summed E-state index contributed by atoms with van der Waals surface area (Å²) in [6.07, 6.45) is 2.03. The first kappa shape index (κ1) is 15.7. The Hall–Kier alpha value is -2.22. The molecule has 8 nitrogen and oxygen atoms in total. The van der Waals surface area contributed by atoms with Crippen LogP contribution in [0.25, 0.3) is 0 Å². The highest BCUT2D eigenvalue weighted by molar-refractivity contribution is 5.04. The zero-order chi connectivity index (χ0) is 16.6. The fraction of sp³-hybridized carbons (Fsp3) is 0.600. The van der Waals surface area contributed by atoms with Crippen LogP contribution in [0.4, 0.5) is 0 Å². The van der Waals surface area contributed by atoms with E-state index in [1.165, 1.54) is 17.7 Å². The van der Waals surface area contributed by atoms with Crippen LogP contribution >= 0.6 is 0 Å². The van der Waals surface area contributed by atoms with Crippen molar-refractivity contribution in [2.24, 2.45) is 14.1 Å². The molecule has 0 spiro atoms. The lowest BCUT2D eigenvalue weighted by Gasteiger charge is -2.31. The van der Waals surface area contributed by atoms with E-state index in [-0.39, 0.29) is 17.2 Å². The van der Waals surface area contributed by atoms with E-state index in [9.17, 15) is 9.59 Å². The molecule has 0 aliphatic carbocycles. The third kappa shape index (κ3) is 3.12. The molecule has 3 rings (SSSR count). The van der Waals surface area contributed by atoms with Crippen LogP contribution in [0.5, 0.6) is 0 Å². The van der Waals surface area contributed by atoms with Gasteiger partial charge in [0.05, 0.1) is 5.92 Å². The Morgan fingerprint density at radius 2 is 2.09 bits per heavy atom. The smallest absolute Gasteiger partial charge is 0.330 e. The summed E-state index contributed by atoms with van der Waals surface area (Å²) in [7, 11) is 3.18. The fourth-order valence-corrected chi connectivity index (χ4v) is 3.04. The molecule has 0 bridgehead atoms. The summed E-state index contributed by atoms with van der Waals surface area (Å²) in [6, 6.07) is 1.53. The quantitative estimate of drug-likeness (QED) is 0.801. The van der Waals surface area contributed by atoms with Gasteiger partial charge in [0.1, 0.15) is 0 Å². The second-order valence-electron chi connectivity index (χ2n) is 6.13. The van der Waals surface area contributed by atoms with Gasteiger partial charge in [0.15, 0.2) is 5.82 Å². The van der Waals surface area contributed by atoms with Gasteiger partial charge in [-0.1, -0.05) is 5.16 Å². The summed E-state index contributed by atoms with van der Waals surface area (Å²) in [4.78, 5) is 30.4. The van der Waals surface area contributed by atoms with Crippen LogP contribution in [0, 0.1) is 6.92 Å². The molecule has 124 valence electrons. The summed E-state index contributed by atoms with van der Waals surface area (Å²) in [5, 5.41) is 3.85. The molecule has 0 N–H and O–H groups in total. The molecule has 0 radical (unpaired) electrons. The van der Waals surface area contributed by atoms with Gasteiger partial charge < -0.3 is 4.52 Å². The van der Waals surface area contributed by atoms with E-state index in [0.717, 1.165) is 36.2 Å². The van der Waals surface area contributed by atoms with Crippen molar-refractivity contribution in [3.05, 3.63) is 44.3 Å². The zero-order valence-electron chi connectivity index (χ0n) is 13.7. The molecule has 1 unspecified atom stereocenters. The average molecular weight is 319 g/mol. The molecule has 1 aliphatic rings. The molecule has 1 aliphatic heterocycles. The van der Waals surface area contributed by atoms with Gasteiger partial charge in [-0.25, -0.2) is 4.79 Å². The maximum atomic E-state index is 12.0. The Kier molecular flexibility index (Phi) is 4.16. The van der Waals surface area contributed by atoms with Crippen molar-refractivity contribution < 1.29 is 4.52 Å². The molecule has 23 heavy (non-hydrogen) atoms. The summed E-state index contributed by atoms with van der Waals surface area (Å²) in [5.41, 5.74) is 0.151. The Balaban J connectivity index is 1.78. The van der Waals surface area contributed by atoms with Crippen LogP contribution in [0.3, 0.4) is 0 Å². The summed E-state index contributed by atoms with van der Waals surface area (Å²) < 4.78 is 7.93. The van der Waals surface area contributed by atoms with Crippen LogP contribution in [0.2, 0.25) is 0 Å². The third-order valence-corrected chi connectivity index (χ3v) is 4.41. The Bertz CT molecular complexity index is 819. The predicted molar refractivity (Wildman–Crippen MR) is 83.2 cm³/mol. The molecule has 0 amide bonds. The van der Waals surface area contributed by atoms with Crippen molar-refractivity contribution in [3.8, 4) is 0 Å². The van der Waals surface area contributed by atoms with Crippen molar-refractivity contribution in [1.82, 2.24) is 24.2 Å².